The van der Waals surface area contributed by atoms with E-state index in [1.807, 2.05) is 6.92 Å². The molecule has 6 heteroatoms. The molecule has 1 aliphatic rings. The maximum atomic E-state index is 6.36. The molecule has 0 saturated heterocycles. The van der Waals surface area contributed by atoms with Crippen molar-refractivity contribution in [1.82, 2.24) is 9.97 Å². The molecule has 1 aliphatic carbocycles. The molecule has 112 valence electrons. The fourth-order valence-corrected chi connectivity index (χ4v) is 2.51. The molecule has 0 amide bonds. The first kappa shape index (κ1) is 14.5. The minimum atomic E-state index is -0.664. The number of nitrogens with zero attached hydrogens (tertiary/aromatic N) is 2. The van der Waals surface area contributed by atoms with Gasteiger partial charge in [0.1, 0.15) is 11.3 Å². The van der Waals surface area contributed by atoms with Crippen molar-refractivity contribution in [1.29, 1.82) is 0 Å². The van der Waals surface area contributed by atoms with Crippen molar-refractivity contribution in [3.8, 4) is 5.88 Å². The third-order valence-electron chi connectivity index (χ3n) is 3.56. The quantitative estimate of drug-likeness (QED) is 0.860. The van der Waals surface area contributed by atoms with Crippen molar-refractivity contribution < 1.29 is 9.47 Å². The Kier molecular flexibility index (Phi) is 3.73. The molecule has 0 aromatic carbocycles. The molecule has 3 rings (SSSR count). The number of halogens is 1. The van der Waals surface area contributed by atoms with E-state index in [-0.39, 0.29) is 6.10 Å². The number of hydrogen-bond donors (Lipinski definition) is 1. The normalized spacial score (nSPS) is 17.7. The summed E-state index contributed by atoms with van der Waals surface area (Å²) >= 11 is 6.04. The van der Waals surface area contributed by atoms with Gasteiger partial charge in [-0.2, -0.15) is 0 Å². The van der Waals surface area contributed by atoms with E-state index in [1.165, 1.54) is 0 Å². The number of rotatable bonds is 5. The van der Waals surface area contributed by atoms with Crippen LogP contribution in [0.15, 0.2) is 18.5 Å². The number of methoxy groups -OCH3 is 1. The molecule has 2 aromatic heterocycles. The third-order valence-corrected chi connectivity index (χ3v) is 3.77. The van der Waals surface area contributed by atoms with E-state index in [2.05, 4.69) is 9.97 Å². The van der Waals surface area contributed by atoms with Gasteiger partial charge in [-0.3, -0.25) is 0 Å². The molecular weight excluding hydrogens is 290 g/mol. The van der Waals surface area contributed by atoms with Crippen molar-refractivity contribution in [3.05, 3.63) is 29.2 Å². The zero-order chi connectivity index (χ0) is 15.0. The van der Waals surface area contributed by atoms with Crippen molar-refractivity contribution in [2.45, 2.75) is 31.4 Å². The molecule has 2 N–H and O–H groups in total. The summed E-state index contributed by atoms with van der Waals surface area (Å²) in [6.45, 7) is 2.29. The van der Waals surface area contributed by atoms with Crippen LogP contribution in [-0.2, 0) is 10.3 Å². The average molecular weight is 308 g/mol. The van der Waals surface area contributed by atoms with Crippen LogP contribution in [0.4, 0.5) is 0 Å². The lowest BCUT2D eigenvalue weighted by Crippen LogP contribution is -2.38. The highest BCUT2D eigenvalue weighted by Crippen LogP contribution is 2.35. The molecule has 0 bridgehead atoms. The monoisotopic (exact) mass is 307 g/mol. The van der Waals surface area contributed by atoms with Crippen LogP contribution in [0.2, 0.25) is 5.15 Å². The Morgan fingerprint density at radius 1 is 1.33 bits per heavy atom. The molecule has 0 spiro atoms. The summed E-state index contributed by atoms with van der Waals surface area (Å²) in [5.74, 6) is 0.591. The Bertz CT molecular complexity index is 671. The lowest BCUT2D eigenvalue weighted by atomic mass is 9.92. The fraction of sp³-hybridized carbons (Fsp3) is 0.467. The van der Waals surface area contributed by atoms with E-state index in [0.29, 0.717) is 17.6 Å². The van der Waals surface area contributed by atoms with Gasteiger partial charge in [0, 0.05) is 25.1 Å². The highest BCUT2D eigenvalue weighted by atomic mass is 35.5. The predicted octanol–water partition coefficient (Wildman–Crippen LogP) is 2.64. The van der Waals surface area contributed by atoms with Crippen LogP contribution in [0.25, 0.3) is 10.8 Å². The molecule has 2 heterocycles. The first-order valence-corrected chi connectivity index (χ1v) is 7.28. The second kappa shape index (κ2) is 5.40. The zero-order valence-corrected chi connectivity index (χ0v) is 12.9. The van der Waals surface area contributed by atoms with Gasteiger partial charge in [-0.15, -0.1) is 0 Å². The van der Waals surface area contributed by atoms with Crippen molar-refractivity contribution in [2.75, 3.05) is 13.7 Å². The van der Waals surface area contributed by atoms with Crippen molar-refractivity contribution >= 4 is 22.4 Å². The van der Waals surface area contributed by atoms with Crippen LogP contribution in [-0.4, -0.2) is 29.8 Å². The predicted molar refractivity (Wildman–Crippen MR) is 81.6 cm³/mol. The average Bonchev–Trinajstić information content (AvgIpc) is 3.22. The number of hydrogen-bond acceptors (Lipinski definition) is 5. The van der Waals surface area contributed by atoms with Gasteiger partial charge in [0.15, 0.2) is 0 Å². The van der Waals surface area contributed by atoms with Crippen LogP contribution >= 0.6 is 11.6 Å². The van der Waals surface area contributed by atoms with Gasteiger partial charge in [-0.1, -0.05) is 11.6 Å². The third kappa shape index (κ3) is 2.95. The number of aromatic nitrogens is 2. The van der Waals surface area contributed by atoms with Crippen LogP contribution in [0, 0.1) is 0 Å². The molecule has 0 unspecified atom stereocenters. The van der Waals surface area contributed by atoms with Crippen molar-refractivity contribution in [2.24, 2.45) is 5.73 Å². The number of pyridine rings is 2. The Labute approximate surface area is 128 Å². The van der Waals surface area contributed by atoms with Crippen LogP contribution in [0.3, 0.4) is 0 Å². The molecule has 0 radical (unpaired) electrons. The van der Waals surface area contributed by atoms with Gasteiger partial charge in [0.05, 0.1) is 17.5 Å². The number of ether oxygens (including phenoxy) is 2. The number of nitrogens with two attached hydrogens (primary N) is 1. The van der Waals surface area contributed by atoms with Gasteiger partial charge >= 0.3 is 0 Å². The van der Waals surface area contributed by atoms with E-state index < -0.39 is 5.54 Å². The standard InChI is InChI=1S/C15H18ClN3O2/c1-15(17,8-20-2)12-7-19-14(21-9-3-4-9)11-6-18-13(16)5-10(11)12/h5-7,9H,3-4,8,17H2,1-2H3/t15-/m0/s1. The molecule has 1 fully saturated rings. The molecule has 1 saturated carbocycles. The van der Waals surface area contributed by atoms with Gasteiger partial charge in [-0.05, 0) is 31.2 Å². The number of fused-ring (bicyclic) bond motifs is 1. The molecular formula is C15H18ClN3O2. The lowest BCUT2D eigenvalue weighted by Gasteiger charge is -2.25. The molecule has 0 aliphatic heterocycles. The van der Waals surface area contributed by atoms with E-state index in [9.17, 15) is 0 Å². The maximum Gasteiger partial charge on any atom is 0.223 e. The highest BCUT2D eigenvalue weighted by Gasteiger charge is 2.28. The van der Waals surface area contributed by atoms with Gasteiger partial charge in [0.2, 0.25) is 5.88 Å². The summed E-state index contributed by atoms with van der Waals surface area (Å²) in [5, 5.41) is 2.15. The summed E-state index contributed by atoms with van der Waals surface area (Å²) < 4.78 is 11.1. The summed E-state index contributed by atoms with van der Waals surface area (Å²) in [7, 11) is 1.62. The lowest BCUT2D eigenvalue weighted by molar-refractivity contribution is 0.141. The maximum absolute atomic E-state index is 6.36. The highest BCUT2D eigenvalue weighted by molar-refractivity contribution is 6.30. The SMILES string of the molecule is COC[C@](C)(N)c1cnc(OC2CC2)c2cnc(Cl)cc12. The molecule has 21 heavy (non-hydrogen) atoms. The van der Waals surface area contributed by atoms with E-state index in [0.717, 1.165) is 29.2 Å². The smallest absolute Gasteiger partial charge is 0.223 e. The van der Waals surface area contributed by atoms with Gasteiger partial charge in [-0.25, -0.2) is 9.97 Å². The topological polar surface area (TPSA) is 70.3 Å². The summed E-state index contributed by atoms with van der Waals surface area (Å²) in [6, 6.07) is 1.80. The molecule has 5 nitrogen and oxygen atoms in total. The second-order valence-corrected chi connectivity index (χ2v) is 6.08. The molecule has 1 atom stereocenters. The van der Waals surface area contributed by atoms with Gasteiger partial charge in [0.25, 0.3) is 0 Å². The van der Waals surface area contributed by atoms with Crippen molar-refractivity contribution in [3.63, 3.8) is 0 Å². The van der Waals surface area contributed by atoms with E-state index >= 15 is 0 Å². The summed E-state index contributed by atoms with van der Waals surface area (Å²) in [4.78, 5) is 8.56. The van der Waals surface area contributed by atoms with Crippen LogP contribution in [0.5, 0.6) is 5.88 Å². The summed E-state index contributed by atoms with van der Waals surface area (Å²) in [5.41, 5.74) is 6.56. The zero-order valence-electron chi connectivity index (χ0n) is 12.1. The van der Waals surface area contributed by atoms with Crippen LogP contribution < -0.4 is 10.5 Å². The van der Waals surface area contributed by atoms with E-state index in [1.54, 1.807) is 25.6 Å². The largest absolute Gasteiger partial charge is 0.474 e. The van der Waals surface area contributed by atoms with Crippen LogP contribution in [0.1, 0.15) is 25.3 Å². The minimum absolute atomic E-state index is 0.269. The fourth-order valence-electron chi connectivity index (χ4n) is 2.36. The Morgan fingerprint density at radius 3 is 2.76 bits per heavy atom. The first-order chi connectivity index (χ1) is 10.0. The first-order valence-electron chi connectivity index (χ1n) is 6.90. The van der Waals surface area contributed by atoms with Gasteiger partial charge < -0.3 is 15.2 Å². The minimum Gasteiger partial charge on any atom is -0.474 e. The summed E-state index contributed by atoms with van der Waals surface area (Å²) in [6.07, 6.45) is 5.85. The Hall–Kier alpha value is -1.43. The second-order valence-electron chi connectivity index (χ2n) is 5.70. The molecule has 2 aromatic rings. The Morgan fingerprint density at radius 2 is 2.10 bits per heavy atom. The Balaban J connectivity index is 2.14. The van der Waals surface area contributed by atoms with E-state index in [4.69, 9.17) is 26.8 Å².